The van der Waals surface area contributed by atoms with Gasteiger partial charge in [0.25, 0.3) is 11.7 Å². The van der Waals surface area contributed by atoms with E-state index in [1.807, 2.05) is 13.8 Å². The van der Waals surface area contributed by atoms with E-state index >= 15 is 0 Å². The molecule has 0 radical (unpaired) electrons. The van der Waals surface area contributed by atoms with Crippen LogP contribution >= 0.6 is 11.6 Å². The van der Waals surface area contributed by atoms with Crippen molar-refractivity contribution in [2.45, 2.75) is 20.3 Å². The van der Waals surface area contributed by atoms with E-state index in [4.69, 9.17) is 11.6 Å². The molecule has 1 aromatic rings. The number of halogens is 2. The van der Waals surface area contributed by atoms with Gasteiger partial charge in [-0.2, -0.15) is 0 Å². The zero-order chi connectivity index (χ0) is 13.4. The summed E-state index contributed by atoms with van der Waals surface area (Å²) < 4.78 is 13.4. The van der Waals surface area contributed by atoms with Gasteiger partial charge in [-0.3, -0.25) is 9.59 Å². The number of ketones is 1. The molecule has 0 fully saturated rings. The molecule has 1 amide bonds. The molecule has 18 heavy (non-hydrogen) atoms. The van der Waals surface area contributed by atoms with Crippen LogP contribution in [-0.4, -0.2) is 18.2 Å². The van der Waals surface area contributed by atoms with Crippen LogP contribution in [0, 0.1) is 11.7 Å². The normalized spacial score (nSPS) is 16.1. The number of fused-ring (bicyclic) bond motifs is 1. The number of rotatable bonds is 3. The monoisotopic (exact) mass is 269 g/mol. The molecular formula is C13H13ClFNO2. The van der Waals surface area contributed by atoms with E-state index in [2.05, 4.69) is 0 Å². The van der Waals surface area contributed by atoms with Crippen molar-refractivity contribution in [2.24, 2.45) is 5.92 Å². The van der Waals surface area contributed by atoms with E-state index in [1.54, 1.807) is 0 Å². The molecule has 0 spiro atoms. The lowest BCUT2D eigenvalue weighted by Gasteiger charge is -2.20. The van der Waals surface area contributed by atoms with Crippen molar-refractivity contribution in [3.05, 3.63) is 28.5 Å². The minimum Gasteiger partial charge on any atom is -0.304 e. The van der Waals surface area contributed by atoms with Crippen molar-refractivity contribution in [3.63, 3.8) is 0 Å². The molecule has 0 saturated carbocycles. The Balaban J connectivity index is 2.45. The van der Waals surface area contributed by atoms with Crippen LogP contribution in [-0.2, 0) is 4.79 Å². The van der Waals surface area contributed by atoms with Crippen LogP contribution in [0.15, 0.2) is 12.1 Å². The van der Waals surface area contributed by atoms with Gasteiger partial charge in [0.05, 0.1) is 16.3 Å². The largest absolute Gasteiger partial charge is 0.304 e. The molecule has 3 nitrogen and oxygen atoms in total. The van der Waals surface area contributed by atoms with Gasteiger partial charge in [-0.1, -0.05) is 31.9 Å². The summed E-state index contributed by atoms with van der Waals surface area (Å²) in [5.74, 6) is -1.60. The number of nitrogens with zero attached hydrogens (tertiary/aromatic N) is 1. The van der Waals surface area contributed by atoms with Gasteiger partial charge in [0.15, 0.2) is 0 Å². The van der Waals surface area contributed by atoms with Crippen LogP contribution in [0.25, 0.3) is 0 Å². The average molecular weight is 270 g/mol. The second-order valence-corrected chi connectivity index (χ2v) is 4.95. The Morgan fingerprint density at radius 2 is 2.06 bits per heavy atom. The van der Waals surface area contributed by atoms with E-state index in [0.29, 0.717) is 12.2 Å². The lowest BCUT2D eigenvalue weighted by molar-refractivity contribution is -0.114. The zero-order valence-electron chi connectivity index (χ0n) is 10.2. The van der Waals surface area contributed by atoms with Crippen molar-refractivity contribution < 1.29 is 14.0 Å². The fraction of sp³-hybridized carbons (Fsp3) is 0.385. The van der Waals surface area contributed by atoms with Crippen molar-refractivity contribution in [2.75, 3.05) is 11.4 Å². The van der Waals surface area contributed by atoms with Gasteiger partial charge in [-0.15, -0.1) is 0 Å². The molecule has 2 rings (SSSR count). The second-order valence-electron chi connectivity index (χ2n) is 4.54. The topological polar surface area (TPSA) is 37.4 Å². The van der Waals surface area contributed by atoms with E-state index in [9.17, 15) is 14.0 Å². The predicted octanol–water partition coefficient (Wildman–Crippen LogP) is 3.05. The summed E-state index contributed by atoms with van der Waals surface area (Å²) in [4.78, 5) is 25.0. The third-order valence-corrected chi connectivity index (χ3v) is 3.49. The van der Waals surface area contributed by atoms with Gasteiger partial charge in [0, 0.05) is 6.54 Å². The summed E-state index contributed by atoms with van der Waals surface area (Å²) in [6, 6.07) is 2.38. The molecule has 1 aliphatic heterocycles. The molecule has 1 heterocycles. The highest BCUT2D eigenvalue weighted by Crippen LogP contribution is 2.33. The van der Waals surface area contributed by atoms with Gasteiger partial charge in [-0.25, -0.2) is 4.39 Å². The molecule has 1 atom stereocenters. The first kappa shape index (κ1) is 13.0. The van der Waals surface area contributed by atoms with Crippen molar-refractivity contribution in [3.8, 4) is 0 Å². The Morgan fingerprint density at radius 3 is 2.67 bits per heavy atom. The number of hydrogen-bond donors (Lipinski definition) is 0. The van der Waals surface area contributed by atoms with Crippen LogP contribution in [0.2, 0.25) is 5.02 Å². The van der Waals surface area contributed by atoms with E-state index in [1.165, 1.54) is 11.0 Å². The average Bonchev–Trinajstić information content (AvgIpc) is 2.56. The highest BCUT2D eigenvalue weighted by molar-refractivity contribution is 6.52. The van der Waals surface area contributed by atoms with Crippen LogP contribution in [0.4, 0.5) is 10.1 Å². The van der Waals surface area contributed by atoms with Crippen molar-refractivity contribution >= 4 is 29.0 Å². The molecule has 0 bridgehead atoms. The number of anilines is 1. The van der Waals surface area contributed by atoms with Crippen molar-refractivity contribution in [1.29, 1.82) is 0 Å². The molecule has 0 saturated heterocycles. The van der Waals surface area contributed by atoms with E-state index in [0.717, 1.165) is 12.5 Å². The summed E-state index contributed by atoms with van der Waals surface area (Å²) in [6.07, 6.45) is 0.878. The minimum absolute atomic E-state index is 0.139. The Bertz CT molecular complexity index is 530. The SMILES string of the molecule is CCC(C)CN1C(=O)C(=O)c2cc(Cl)c(F)cc21. The number of hydrogen-bond acceptors (Lipinski definition) is 2. The summed E-state index contributed by atoms with van der Waals surface area (Å²) in [5, 5.41) is -0.139. The number of carbonyl (C=O) groups is 2. The fourth-order valence-corrected chi connectivity index (χ4v) is 2.07. The summed E-state index contributed by atoms with van der Waals surface area (Å²) in [5.41, 5.74) is 0.516. The minimum atomic E-state index is -0.618. The Labute approximate surface area is 110 Å². The quantitative estimate of drug-likeness (QED) is 0.791. The predicted molar refractivity (Wildman–Crippen MR) is 67.5 cm³/mol. The van der Waals surface area contributed by atoms with E-state index < -0.39 is 17.5 Å². The first-order valence-corrected chi connectivity index (χ1v) is 6.18. The number of carbonyl (C=O) groups excluding carboxylic acids is 2. The standard InChI is InChI=1S/C13H13ClFNO2/c1-3-7(2)6-16-11-5-10(15)9(14)4-8(11)12(17)13(16)18/h4-5,7H,3,6H2,1-2H3. The Kier molecular flexibility index (Phi) is 3.39. The maximum Gasteiger partial charge on any atom is 0.299 e. The number of amides is 1. The second kappa shape index (κ2) is 4.69. The Hall–Kier alpha value is -1.42. The lowest BCUT2D eigenvalue weighted by Crippen LogP contribution is -2.33. The smallest absolute Gasteiger partial charge is 0.299 e. The highest BCUT2D eigenvalue weighted by Gasteiger charge is 2.37. The van der Waals surface area contributed by atoms with Gasteiger partial charge in [0.2, 0.25) is 0 Å². The van der Waals surface area contributed by atoms with Crippen LogP contribution in [0.1, 0.15) is 30.6 Å². The van der Waals surface area contributed by atoms with Gasteiger partial charge < -0.3 is 4.90 Å². The third-order valence-electron chi connectivity index (χ3n) is 3.20. The maximum absolute atomic E-state index is 13.4. The van der Waals surface area contributed by atoms with Gasteiger partial charge in [-0.05, 0) is 18.1 Å². The third kappa shape index (κ3) is 2.01. The molecule has 5 heteroatoms. The zero-order valence-corrected chi connectivity index (χ0v) is 10.9. The summed E-state index contributed by atoms with van der Waals surface area (Å²) in [7, 11) is 0. The van der Waals surface area contributed by atoms with Crippen LogP contribution in [0.3, 0.4) is 0 Å². The van der Waals surface area contributed by atoms with Gasteiger partial charge in [0.1, 0.15) is 5.82 Å². The summed E-state index contributed by atoms with van der Waals surface area (Å²) >= 11 is 5.63. The number of Topliss-reactive ketones (excluding diaryl/α,β-unsaturated/α-hetero) is 1. The van der Waals surface area contributed by atoms with Gasteiger partial charge >= 0.3 is 0 Å². The van der Waals surface area contributed by atoms with Crippen LogP contribution in [0.5, 0.6) is 0 Å². The number of benzene rings is 1. The molecule has 0 aliphatic carbocycles. The first-order chi connectivity index (χ1) is 8.45. The maximum atomic E-state index is 13.4. The fourth-order valence-electron chi connectivity index (χ4n) is 1.91. The van der Waals surface area contributed by atoms with Crippen LogP contribution < -0.4 is 4.90 Å². The molecule has 1 aliphatic rings. The summed E-state index contributed by atoms with van der Waals surface area (Å²) in [6.45, 7) is 4.38. The molecular weight excluding hydrogens is 257 g/mol. The molecule has 0 aromatic heterocycles. The lowest BCUT2D eigenvalue weighted by atomic mass is 10.1. The van der Waals surface area contributed by atoms with E-state index in [-0.39, 0.29) is 16.5 Å². The molecule has 1 unspecified atom stereocenters. The molecule has 1 aromatic carbocycles. The highest BCUT2D eigenvalue weighted by atomic mass is 35.5. The van der Waals surface area contributed by atoms with Crippen molar-refractivity contribution in [1.82, 2.24) is 0 Å². The molecule has 96 valence electrons. The first-order valence-electron chi connectivity index (χ1n) is 5.81. The Morgan fingerprint density at radius 1 is 1.39 bits per heavy atom. The molecule has 0 N–H and O–H groups in total.